The quantitative estimate of drug-likeness (QED) is 0.659. The van der Waals surface area contributed by atoms with Crippen molar-refractivity contribution in [2.45, 2.75) is 19.4 Å². The van der Waals surface area contributed by atoms with Crippen molar-refractivity contribution in [2.24, 2.45) is 0 Å². The molecular weight excluding hydrogens is 168 g/mol. The summed E-state index contributed by atoms with van der Waals surface area (Å²) in [5.41, 5.74) is -0.554. The van der Waals surface area contributed by atoms with Crippen LogP contribution < -0.4 is 5.32 Å². The van der Waals surface area contributed by atoms with Gasteiger partial charge in [0, 0.05) is 0 Å². The molecule has 0 spiro atoms. The van der Waals surface area contributed by atoms with Crippen LogP contribution in [0.3, 0.4) is 0 Å². The van der Waals surface area contributed by atoms with Gasteiger partial charge in [0.05, 0.1) is 5.54 Å². The maximum Gasteiger partial charge on any atom is 0.244 e. The molecule has 1 amide bonds. The molecular formula is C8H12N4O. The van der Waals surface area contributed by atoms with Gasteiger partial charge in [0.15, 0.2) is 0 Å². The van der Waals surface area contributed by atoms with Crippen molar-refractivity contribution in [3.63, 3.8) is 0 Å². The van der Waals surface area contributed by atoms with E-state index in [1.807, 2.05) is 13.8 Å². The lowest BCUT2D eigenvalue weighted by Gasteiger charge is -2.22. The molecule has 0 saturated heterocycles. The first-order chi connectivity index (χ1) is 6.06. The minimum atomic E-state index is -0.554. The molecule has 0 aliphatic heterocycles. The van der Waals surface area contributed by atoms with E-state index in [0.29, 0.717) is 5.82 Å². The molecule has 0 bridgehead atoms. The summed E-state index contributed by atoms with van der Waals surface area (Å²) in [5, 5.41) is 9.12. The van der Waals surface area contributed by atoms with Crippen LogP contribution in [0.2, 0.25) is 0 Å². The summed E-state index contributed by atoms with van der Waals surface area (Å²) < 4.78 is 0. The van der Waals surface area contributed by atoms with E-state index in [1.165, 1.54) is 12.4 Å². The molecule has 0 aromatic carbocycles. The minimum absolute atomic E-state index is 0.235. The number of carbonyl (C=O) groups is 1. The van der Waals surface area contributed by atoms with E-state index in [1.54, 1.807) is 0 Å². The van der Waals surface area contributed by atoms with Crippen molar-refractivity contribution in [3.8, 4) is 0 Å². The van der Waals surface area contributed by atoms with Crippen LogP contribution in [0.4, 0.5) is 0 Å². The van der Waals surface area contributed by atoms with E-state index in [9.17, 15) is 4.79 Å². The van der Waals surface area contributed by atoms with E-state index in [0.717, 1.165) is 0 Å². The Morgan fingerprint density at radius 3 is 2.92 bits per heavy atom. The van der Waals surface area contributed by atoms with E-state index < -0.39 is 5.54 Å². The van der Waals surface area contributed by atoms with Crippen LogP contribution in [0.1, 0.15) is 19.7 Å². The summed E-state index contributed by atoms with van der Waals surface area (Å²) in [7, 11) is 0. The second-order valence-corrected chi connectivity index (χ2v) is 3.15. The molecule has 0 unspecified atom stereocenters. The van der Waals surface area contributed by atoms with Gasteiger partial charge in [-0.1, -0.05) is 6.58 Å². The zero-order chi connectivity index (χ0) is 9.90. The molecule has 1 aromatic rings. The van der Waals surface area contributed by atoms with Crippen molar-refractivity contribution in [3.05, 3.63) is 24.8 Å². The van der Waals surface area contributed by atoms with Crippen molar-refractivity contribution in [2.75, 3.05) is 0 Å². The largest absolute Gasteiger partial charge is 0.340 e. The summed E-state index contributed by atoms with van der Waals surface area (Å²) in [6.07, 6.45) is 2.62. The second kappa shape index (κ2) is 3.38. The number of aromatic amines is 1. The van der Waals surface area contributed by atoms with Gasteiger partial charge >= 0.3 is 0 Å². The van der Waals surface area contributed by atoms with Gasteiger partial charge < -0.3 is 5.32 Å². The fraction of sp³-hybridized carbons (Fsp3) is 0.375. The maximum atomic E-state index is 11.0. The molecule has 0 fully saturated rings. The van der Waals surface area contributed by atoms with E-state index in [2.05, 4.69) is 27.1 Å². The molecule has 70 valence electrons. The number of amides is 1. The van der Waals surface area contributed by atoms with Gasteiger partial charge in [-0.3, -0.25) is 9.89 Å². The number of hydrogen-bond donors (Lipinski definition) is 2. The van der Waals surface area contributed by atoms with Crippen LogP contribution in [-0.4, -0.2) is 21.1 Å². The second-order valence-electron chi connectivity index (χ2n) is 3.15. The number of carbonyl (C=O) groups excluding carboxylic acids is 1. The van der Waals surface area contributed by atoms with Gasteiger partial charge in [-0.2, -0.15) is 5.10 Å². The van der Waals surface area contributed by atoms with Crippen molar-refractivity contribution >= 4 is 5.91 Å². The highest BCUT2D eigenvalue weighted by Gasteiger charge is 2.24. The zero-order valence-corrected chi connectivity index (χ0v) is 7.66. The summed E-state index contributed by atoms with van der Waals surface area (Å²) in [6, 6.07) is 0. The first kappa shape index (κ1) is 9.44. The number of nitrogens with one attached hydrogen (secondary N) is 2. The van der Waals surface area contributed by atoms with Crippen LogP contribution in [-0.2, 0) is 10.3 Å². The molecule has 0 radical (unpaired) electrons. The Bertz CT molecular complexity index is 302. The van der Waals surface area contributed by atoms with Gasteiger partial charge in [-0.15, -0.1) is 0 Å². The minimum Gasteiger partial charge on any atom is -0.340 e. The van der Waals surface area contributed by atoms with Crippen LogP contribution >= 0.6 is 0 Å². The van der Waals surface area contributed by atoms with E-state index >= 15 is 0 Å². The van der Waals surface area contributed by atoms with Gasteiger partial charge in [0.1, 0.15) is 12.2 Å². The van der Waals surface area contributed by atoms with Crippen LogP contribution in [0, 0.1) is 0 Å². The molecule has 5 nitrogen and oxygen atoms in total. The highest BCUT2D eigenvalue weighted by atomic mass is 16.1. The molecule has 0 saturated carbocycles. The molecule has 1 rings (SSSR count). The Hall–Kier alpha value is -1.65. The SMILES string of the molecule is C=CC(=O)NC(C)(C)c1ncn[nH]1. The molecule has 13 heavy (non-hydrogen) atoms. The normalized spacial score (nSPS) is 10.9. The third kappa shape index (κ3) is 2.14. The van der Waals surface area contributed by atoms with Crippen LogP contribution in [0.15, 0.2) is 19.0 Å². The Morgan fingerprint density at radius 2 is 2.46 bits per heavy atom. The van der Waals surface area contributed by atoms with E-state index in [-0.39, 0.29) is 5.91 Å². The molecule has 1 heterocycles. The van der Waals surface area contributed by atoms with Crippen molar-refractivity contribution in [1.29, 1.82) is 0 Å². The smallest absolute Gasteiger partial charge is 0.244 e. The first-order valence-corrected chi connectivity index (χ1v) is 3.86. The average Bonchev–Trinajstić information content (AvgIpc) is 2.55. The number of rotatable bonds is 3. The Morgan fingerprint density at radius 1 is 1.77 bits per heavy atom. The third-order valence-corrected chi connectivity index (χ3v) is 1.63. The zero-order valence-electron chi connectivity index (χ0n) is 7.66. The Kier molecular flexibility index (Phi) is 2.46. The fourth-order valence-electron chi connectivity index (χ4n) is 0.925. The first-order valence-electron chi connectivity index (χ1n) is 3.86. The molecule has 0 atom stereocenters. The number of nitrogens with zero attached hydrogens (tertiary/aromatic N) is 2. The lowest BCUT2D eigenvalue weighted by atomic mass is 10.1. The monoisotopic (exact) mass is 180 g/mol. The predicted octanol–water partition coefficient (Wildman–Crippen LogP) is 0.342. The maximum absolute atomic E-state index is 11.0. The molecule has 0 aliphatic rings. The fourth-order valence-corrected chi connectivity index (χ4v) is 0.925. The lowest BCUT2D eigenvalue weighted by molar-refractivity contribution is -0.118. The predicted molar refractivity (Wildman–Crippen MR) is 47.7 cm³/mol. The van der Waals surface area contributed by atoms with E-state index in [4.69, 9.17) is 0 Å². The van der Waals surface area contributed by atoms with Crippen molar-refractivity contribution < 1.29 is 4.79 Å². The number of hydrogen-bond acceptors (Lipinski definition) is 3. The summed E-state index contributed by atoms with van der Waals surface area (Å²) >= 11 is 0. The van der Waals surface area contributed by atoms with Crippen molar-refractivity contribution in [1.82, 2.24) is 20.5 Å². The van der Waals surface area contributed by atoms with Gasteiger partial charge in [-0.05, 0) is 19.9 Å². The molecule has 5 heteroatoms. The summed E-state index contributed by atoms with van der Waals surface area (Å²) in [5.74, 6) is 0.379. The Balaban J connectivity index is 2.77. The van der Waals surface area contributed by atoms with Crippen LogP contribution in [0.25, 0.3) is 0 Å². The average molecular weight is 180 g/mol. The lowest BCUT2D eigenvalue weighted by Crippen LogP contribution is -2.40. The summed E-state index contributed by atoms with van der Waals surface area (Å²) in [6.45, 7) is 7.02. The highest BCUT2D eigenvalue weighted by Crippen LogP contribution is 2.13. The molecule has 2 N–H and O–H groups in total. The molecule has 1 aromatic heterocycles. The van der Waals surface area contributed by atoms with Gasteiger partial charge in [0.2, 0.25) is 5.91 Å². The highest BCUT2D eigenvalue weighted by molar-refractivity contribution is 5.87. The topological polar surface area (TPSA) is 70.7 Å². The number of H-pyrrole nitrogens is 1. The standard InChI is InChI=1S/C8H12N4O/c1-4-6(13)11-8(2,3)7-9-5-10-12-7/h4-5H,1H2,2-3H3,(H,11,13)(H,9,10,12). The molecule has 0 aliphatic carbocycles. The third-order valence-electron chi connectivity index (χ3n) is 1.63. The summed E-state index contributed by atoms with van der Waals surface area (Å²) in [4.78, 5) is 15.0. The van der Waals surface area contributed by atoms with Crippen LogP contribution in [0.5, 0.6) is 0 Å². The van der Waals surface area contributed by atoms with Gasteiger partial charge in [-0.25, -0.2) is 4.98 Å². The van der Waals surface area contributed by atoms with Gasteiger partial charge in [0.25, 0.3) is 0 Å². The number of aromatic nitrogens is 3. The Labute approximate surface area is 76.3 Å².